The molecule has 0 saturated carbocycles. The van der Waals surface area contributed by atoms with Crippen molar-refractivity contribution in [2.75, 3.05) is 7.11 Å². The van der Waals surface area contributed by atoms with Crippen molar-refractivity contribution >= 4 is 17.6 Å². The van der Waals surface area contributed by atoms with Gasteiger partial charge in [0.25, 0.3) is 0 Å². The summed E-state index contributed by atoms with van der Waals surface area (Å²) in [7, 11) is 1.50. The Morgan fingerprint density at radius 3 is 2.81 bits per heavy atom. The van der Waals surface area contributed by atoms with Crippen LogP contribution in [0.15, 0.2) is 29.6 Å². The number of aldehydes is 1. The Labute approximate surface area is 96.9 Å². The molecule has 0 radical (unpaired) electrons. The summed E-state index contributed by atoms with van der Waals surface area (Å²) in [5.74, 6) is 0.498. The zero-order valence-corrected chi connectivity index (χ0v) is 9.45. The molecule has 0 saturated heterocycles. The number of hydrogen-bond acceptors (Lipinski definition) is 4. The van der Waals surface area contributed by atoms with Gasteiger partial charge in [-0.2, -0.15) is 0 Å². The number of carbonyl (C=O) groups excluding carboxylic acids is 1. The highest BCUT2D eigenvalue weighted by molar-refractivity contribution is 7.14. The summed E-state index contributed by atoms with van der Waals surface area (Å²) in [6, 6.07) is 6.85. The van der Waals surface area contributed by atoms with Gasteiger partial charge in [0.2, 0.25) is 0 Å². The largest absolute Gasteiger partial charge is 0.504 e. The molecular formula is C12H10O3S. The van der Waals surface area contributed by atoms with Crippen LogP contribution in [0.4, 0.5) is 0 Å². The quantitative estimate of drug-likeness (QED) is 0.830. The maximum Gasteiger partial charge on any atom is 0.160 e. The summed E-state index contributed by atoms with van der Waals surface area (Å²) in [5, 5.41) is 11.5. The van der Waals surface area contributed by atoms with E-state index < -0.39 is 0 Å². The first-order chi connectivity index (χ1) is 7.76. The lowest BCUT2D eigenvalue weighted by molar-refractivity contribution is 0.112. The monoisotopic (exact) mass is 234 g/mol. The van der Waals surface area contributed by atoms with Gasteiger partial charge in [-0.1, -0.05) is 0 Å². The van der Waals surface area contributed by atoms with Crippen molar-refractivity contribution < 1.29 is 14.6 Å². The molecule has 0 unspecified atom stereocenters. The summed E-state index contributed by atoms with van der Waals surface area (Å²) in [6.07, 6.45) is 0.813. The van der Waals surface area contributed by atoms with Crippen molar-refractivity contribution in [1.82, 2.24) is 0 Å². The van der Waals surface area contributed by atoms with E-state index in [1.54, 1.807) is 18.2 Å². The number of methoxy groups -OCH3 is 1. The Kier molecular flexibility index (Phi) is 2.92. The molecule has 2 aromatic rings. The van der Waals surface area contributed by atoms with E-state index >= 15 is 0 Å². The lowest BCUT2D eigenvalue weighted by Gasteiger charge is -2.05. The first-order valence-corrected chi connectivity index (χ1v) is 5.54. The number of phenolic OH excluding ortho intramolecular Hbond substituents is 1. The third kappa shape index (κ3) is 1.79. The molecule has 1 N–H and O–H groups in total. The van der Waals surface area contributed by atoms with Crippen molar-refractivity contribution in [2.24, 2.45) is 0 Å². The first-order valence-electron chi connectivity index (χ1n) is 4.66. The van der Waals surface area contributed by atoms with Crippen molar-refractivity contribution in [3.05, 3.63) is 35.2 Å². The van der Waals surface area contributed by atoms with Gasteiger partial charge in [-0.05, 0) is 35.2 Å². The van der Waals surface area contributed by atoms with Crippen molar-refractivity contribution in [2.45, 2.75) is 0 Å². The molecule has 16 heavy (non-hydrogen) atoms. The van der Waals surface area contributed by atoms with Crippen LogP contribution in [0.25, 0.3) is 10.4 Å². The molecule has 0 atom stereocenters. The van der Waals surface area contributed by atoms with Crippen LogP contribution in [0.1, 0.15) is 10.4 Å². The van der Waals surface area contributed by atoms with Gasteiger partial charge in [0.1, 0.15) is 0 Å². The number of rotatable bonds is 3. The van der Waals surface area contributed by atoms with Gasteiger partial charge in [0, 0.05) is 10.4 Å². The van der Waals surface area contributed by atoms with Crippen molar-refractivity contribution in [1.29, 1.82) is 0 Å². The summed E-state index contributed by atoms with van der Waals surface area (Å²) >= 11 is 1.47. The summed E-state index contributed by atoms with van der Waals surface area (Å²) in [5.41, 5.74) is 1.45. The number of thiophene rings is 1. The van der Waals surface area contributed by atoms with Crippen LogP contribution < -0.4 is 4.74 Å². The highest BCUT2D eigenvalue weighted by Gasteiger charge is 2.09. The minimum absolute atomic E-state index is 0.0743. The van der Waals surface area contributed by atoms with Crippen LogP contribution in [0.5, 0.6) is 11.5 Å². The van der Waals surface area contributed by atoms with E-state index in [1.807, 2.05) is 11.4 Å². The third-order valence-corrected chi connectivity index (χ3v) is 3.24. The smallest absolute Gasteiger partial charge is 0.160 e. The molecule has 1 aromatic heterocycles. The van der Waals surface area contributed by atoms with Crippen molar-refractivity contribution in [3.63, 3.8) is 0 Å². The molecule has 0 aliphatic carbocycles. The summed E-state index contributed by atoms with van der Waals surface area (Å²) in [6.45, 7) is 0. The van der Waals surface area contributed by atoms with E-state index in [9.17, 15) is 9.90 Å². The molecule has 82 valence electrons. The highest BCUT2D eigenvalue weighted by atomic mass is 32.1. The van der Waals surface area contributed by atoms with Gasteiger partial charge in [-0.25, -0.2) is 0 Å². The molecule has 1 aromatic carbocycles. The van der Waals surface area contributed by atoms with Gasteiger partial charge in [0.15, 0.2) is 17.8 Å². The lowest BCUT2D eigenvalue weighted by atomic mass is 10.1. The predicted molar refractivity (Wildman–Crippen MR) is 63.4 cm³/mol. The molecule has 4 heteroatoms. The second-order valence-corrected chi connectivity index (χ2v) is 4.13. The van der Waals surface area contributed by atoms with Crippen LogP contribution in [-0.2, 0) is 0 Å². The zero-order chi connectivity index (χ0) is 11.5. The van der Waals surface area contributed by atoms with Gasteiger partial charge >= 0.3 is 0 Å². The zero-order valence-electron chi connectivity index (χ0n) is 8.64. The number of ether oxygens (including phenoxy) is 1. The Bertz CT molecular complexity index is 517. The van der Waals surface area contributed by atoms with E-state index in [0.29, 0.717) is 11.3 Å². The van der Waals surface area contributed by atoms with E-state index in [0.717, 1.165) is 16.7 Å². The van der Waals surface area contributed by atoms with Gasteiger partial charge in [0.05, 0.1) is 7.11 Å². The number of benzene rings is 1. The number of hydrogen-bond donors (Lipinski definition) is 1. The Hall–Kier alpha value is -1.81. The fourth-order valence-corrected chi connectivity index (χ4v) is 2.34. The molecule has 0 aliphatic heterocycles. The molecule has 3 nitrogen and oxygen atoms in total. The van der Waals surface area contributed by atoms with E-state index in [-0.39, 0.29) is 5.75 Å². The Morgan fingerprint density at radius 1 is 1.38 bits per heavy atom. The molecule has 0 aliphatic rings. The van der Waals surface area contributed by atoms with E-state index in [4.69, 9.17) is 4.74 Å². The summed E-state index contributed by atoms with van der Waals surface area (Å²) in [4.78, 5) is 11.6. The Balaban J connectivity index is 2.49. The maximum absolute atomic E-state index is 10.8. The molecule has 0 fully saturated rings. The van der Waals surface area contributed by atoms with Crippen LogP contribution in [-0.4, -0.2) is 18.5 Å². The van der Waals surface area contributed by atoms with E-state index in [2.05, 4.69) is 0 Å². The molecule has 0 bridgehead atoms. The van der Waals surface area contributed by atoms with Crippen LogP contribution in [0.3, 0.4) is 0 Å². The third-order valence-electron chi connectivity index (χ3n) is 2.26. The van der Waals surface area contributed by atoms with Crippen LogP contribution >= 0.6 is 11.3 Å². The average Bonchev–Trinajstić information content (AvgIpc) is 2.77. The minimum atomic E-state index is 0.0743. The van der Waals surface area contributed by atoms with Crippen LogP contribution in [0.2, 0.25) is 0 Å². The molecule has 0 spiro atoms. The molecule has 2 rings (SSSR count). The second-order valence-electron chi connectivity index (χ2n) is 3.21. The average molecular weight is 234 g/mol. The van der Waals surface area contributed by atoms with Gasteiger partial charge in [-0.15, -0.1) is 11.3 Å². The predicted octanol–water partition coefficient (Wildman–Crippen LogP) is 2.94. The second kappa shape index (κ2) is 4.37. The summed E-state index contributed by atoms with van der Waals surface area (Å²) < 4.78 is 4.96. The highest BCUT2D eigenvalue weighted by Crippen LogP contribution is 2.34. The normalized spacial score (nSPS) is 10.1. The Morgan fingerprint density at radius 2 is 2.19 bits per heavy atom. The SMILES string of the molecule is COc1ccc(-c2sccc2C=O)cc1O. The van der Waals surface area contributed by atoms with Gasteiger partial charge in [-0.3, -0.25) is 4.79 Å². The lowest BCUT2D eigenvalue weighted by Crippen LogP contribution is -1.85. The molecule has 1 heterocycles. The maximum atomic E-state index is 10.8. The fourth-order valence-electron chi connectivity index (χ4n) is 1.48. The standard InChI is InChI=1S/C12H10O3S/c1-15-11-3-2-8(6-10(11)14)12-9(7-13)4-5-16-12/h2-7,14H,1H3. The van der Waals surface area contributed by atoms with Gasteiger partial charge < -0.3 is 9.84 Å². The first kappa shape index (κ1) is 10.7. The van der Waals surface area contributed by atoms with Crippen LogP contribution in [0, 0.1) is 0 Å². The molecular weight excluding hydrogens is 224 g/mol. The number of aromatic hydroxyl groups is 1. The topological polar surface area (TPSA) is 46.5 Å². The number of phenols is 1. The van der Waals surface area contributed by atoms with E-state index in [1.165, 1.54) is 18.4 Å². The fraction of sp³-hybridized carbons (Fsp3) is 0.0833. The minimum Gasteiger partial charge on any atom is -0.504 e. The number of carbonyl (C=O) groups is 1. The molecule has 0 amide bonds. The van der Waals surface area contributed by atoms with Crippen molar-refractivity contribution in [3.8, 4) is 21.9 Å².